The standard InChI is InChI=1S/C18H25N3O4S.C2HF3O2/c1-13(2)5-8-21-12-18-11-20(17(22)14-3-6-19-7-4-14)10-15(25-18)9-16(18)26(21,23)24;3-2(4,5)1(6)7/h3-4,6-7,13,15-16H,5,8-12H2,1-2H3;(H,6,7)/t15-,16+,18+;/m1./s1. The average molecular weight is 494 g/mol. The molecular weight excluding hydrogens is 467 g/mol. The van der Waals surface area contributed by atoms with Crippen LogP contribution in [0, 0.1) is 5.92 Å². The van der Waals surface area contributed by atoms with E-state index in [9.17, 15) is 26.4 Å². The number of aromatic nitrogens is 1. The number of carbonyl (C=O) groups excluding carboxylic acids is 1. The SMILES string of the molecule is CC(C)CCN1C[C@@]23CN(C(=O)c4ccncc4)C[C@@H](C[C@@H]2S1(=O)=O)O3.O=C(O)C(F)(F)F. The van der Waals surface area contributed by atoms with Crippen LogP contribution in [0.3, 0.4) is 0 Å². The molecule has 3 fully saturated rings. The quantitative estimate of drug-likeness (QED) is 0.679. The molecule has 3 aliphatic heterocycles. The fourth-order valence-corrected chi connectivity index (χ4v) is 6.71. The molecule has 3 aliphatic rings. The summed E-state index contributed by atoms with van der Waals surface area (Å²) >= 11 is 0. The summed E-state index contributed by atoms with van der Waals surface area (Å²) in [4.78, 5) is 27.4. The molecular formula is C20H26F3N3O6S. The minimum absolute atomic E-state index is 0.0845. The number of rotatable bonds is 4. The van der Waals surface area contributed by atoms with E-state index in [1.54, 1.807) is 33.7 Å². The molecule has 2 bridgehead atoms. The highest BCUT2D eigenvalue weighted by molar-refractivity contribution is 7.90. The highest BCUT2D eigenvalue weighted by Crippen LogP contribution is 2.46. The summed E-state index contributed by atoms with van der Waals surface area (Å²) in [6.45, 7) is 5.82. The molecule has 0 aromatic carbocycles. The largest absolute Gasteiger partial charge is 0.490 e. The van der Waals surface area contributed by atoms with Crippen molar-refractivity contribution in [1.82, 2.24) is 14.2 Å². The molecule has 3 saturated heterocycles. The molecule has 0 aliphatic carbocycles. The van der Waals surface area contributed by atoms with Crippen LogP contribution < -0.4 is 0 Å². The number of fused-ring (bicyclic) bond motifs is 1. The third-order valence-electron chi connectivity index (χ3n) is 5.92. The van der Waals surface area contributed by atoms with Gasteiger partial charge < -0.3 is 14.7 Å². The van der Waals surface area contributed by atoms with Crippen molar-refractivity contribution in [3.05, 3.63) is 30.1 Å². The number of ether oxygens (including phenoxy) is 1. The fourth-order valence-electron chi connectivity index (χ4n) is 4.38. The van der Waals surface area contributed by atoms with Gasteiger partial charge in [0.05, 0.1) is 12.6 Å². The van der Waals surface area contributed by atoms with E-state index in [0.717, 1.165) is 6.42 Å². The van der Waals surface area contributed by atoms with Gasteiger partial charge in [-0.1, -0.05) is 13.8 Å². The number of carbonyl (C=O) groups is 2. The molecule has 4 rings (SSSR count). The minimum atomic E-state index is -5.08. The first-order valence-electron chi connectivity index (χ1n) is 10.4. The number of morpholine rings is 1. The molecule has 3 atom stereocenters. The normalized spacial score (nSPS) is 28.2. The molecule has 1 aromatic rings. The average Bonchev–Trinajstić information content (AvgIpc) is 3.10. The van der Waals surface area contributed by atoms with Gasteiger partial charge in [0.2, 0.25) is 10.0 Å². The van der Waals surface area contributed by atoms with E-state index in [1.807, 2.05) is 0 Å². The summed E-state index contributed by atoms with van der Waals surface area (Å²) in [5.41, 5.74) is -0.215. The topological polar surface area (TPSA) is 117 Å². The third kappa shape index (κ3) is 5.30. The molecule has 1 amide bonds. The summed E-state index contributed by atoms with van der Waals surface area (Å²) in [7, 11) is -3.38. The van der Waals surface area contributed by atoms with Crippen molar-refractivity contribution in [2.75, 3.05) is 26.2 Å². The number of aliphatic carboxylic acids is 1. The van der Waals surface area contributed by atoms with E-state index >= 15 is 0 Å². The molecule has 0 radical (unpaired) electrons. The zero-order chi connectivity index (χ0) is 24.6. The summed E-state index contributed by atoms with van der Waals surface area (Å²) in [5, 5.41) is 6.59. The summed E-state index contributed by atoms with van der Waals surface area (Å²) < 4.78 is 65.5. The number of halogens is 3. The fraction of sp³-hybridized carbons (Fsp3) is 0.650. The van der Waals surface area contributed by atoms with Crippen molar-refractivity contribution in [2.45, 2.75) is 49.8 Å². The van der Waals surface area contributed by atoms with Crippen LogP contribution in [0.25, 0.3) is 0 Å². The summed E-state index contributed by atoms with van der Waals surface area (Å²) in [5.74, 6) is -2.40. The van der Waals surface area contributed by atoms with Gasteiger partial charge in [-0.05, 0) is 30.9 Å². The zero-order valence-electron chi connectivity index (χ0n) is 18.2. The number of sulfonamides is 1. The van der Waals surface area contributed by atoms with Gasteiger partial charge in [0.25, 0.3) is 5.91 Å². The van der Waals surface area contributed by atoms with Crippen LogP contribution in [0.1, 0.15) is 37.0 Å². The second-order valence-corrected chi connectivity index (χ2v) is 10.9. The monoisotopic (exact) mass is 493 g/mol. The molecule has 9 nitrogen and oxygen atoms in total. The van der Waals surface area contributed by atoms with Gasteiger partial charge in [0, 0.05) is 37.6 Å². The highest BCUT2D eigenvalue weighted by atomic mass is 32.2. The van der Waals surface area contributed by atoms with Crippen molar-refractivity contribution in [3.63, 3.8) is 0 Å². The van der Waals surface area contributed by atoms with Crippen LogP contribution in [-0.2, 0) is 19.6 Å². The number of carboxylic acid groups (broad SMARTS) is 1. The second kappa shape index (κ2) is 9.18. The van der Waals surface area contributed by atoms with Crippen molar-refractivity contribution in [3.8, 4) is 0 Å². The van der Waals surface area contributed by atoms with Crippen LogP contribution in [0.4, 0.5) is 13.2 Å². The van der Waals surface area contributed by atoms with E-state index < -0.39 is 33.0 Å². The molecule has 1 aromatic heterocycles. The Morgan fingerprint density at radius 3 is 2.42 bits per heavy atom. The maximum Gasteiger partial charge on any atom is 0.490 e. The van der Waals surface area contributed by atoms with E-state index in [4.69, 9.17) is 14.6 Å². The van der Waals surface area contributed by atoms with Crippen LogP contribution >= 0.6 is 0 Å². The number of nitrogens with zero attached hydrogens (tertiary/aromatic N) is 3. The van der Waals surface area contributed by atoms with Crippen molar-refractivity contribution in [1.29, 1.82) is 0 Å². The van der Waals surface area contributed by atoms with Crippen molar-refractivity contribution < 1.29 is 41.0 Å². The first kappa shape index (κ1) is 25.4. The Bertz CT molecular complexity index is 989. The zero-order valence-corrected chi connectivity index (χ0v) is 19.0. The van der Waals surface area contributed by atoms with Gasteiger partial charge in [0.1, 0.15) is 10.9 Å². The Labute approximate surface area is 189 Å². The smallest absolute Gasteiger partial charge is 0.475 e. The lowest BCUT2D eigenvalue weighted by Crippen LogP contribution is -2.56. The predicted octanol–water partition coefficient (Wildman–Crippen LogP) is 1.76. The van der Waals surface area contributed by atoms with Gasteiger partial charge in [-0.25, -0.2) is 13.2 Å². The van der Waals surface area contributed by atoms with Gasteiger partial charge >= 0.3 is 12.1 Å². The minimum Gasteiger partial charge on any atom is -0.475 e. The van der Waals surface area contributed by atoms with Crippen molar-refractivity contribution >= 4 is 21.9 Å². The second-order valence-electron chi connectivity index (χ2n) is 8.81. The number of alkyl halides is 3. The molecule has 1 N–H and O–H groups in total. The van der Waals surface area contributed by atoms with Gasteiger partial charge in [0.15, 0.2) is 0 Å². The lowest BCUT2D eigenvalue weighted by atomic mass is 9.99. The molecule has 0 unspecified atom stereocenters. The van der Waals surface area contributed by atoms with Crippen LogP contribution in [0.5, 0.6) is 0 Å². The number of hydrogen-bond acceptors (Lipinski definition) is 6. The summed E-state index contributed by atoms with van der Waals surface area (Å²) in [6.07, 6.45) is -0.804. The van der Waals surface area contributed by atoms with E-state index in [2.05, 4.69) is 18.8 Å². The first-order valence-corrected chi connectivity index (χ1v) is 11.9. The van der Waals surface area contributed by atoms with E-state index in [0.29, 0.717) is 44.1 Å². The Morgan fingerprint density at radius 2 is 1.88 bits per heavy atom. The van der Waals surface area contributed by atoms with Crippen LogP contribution in [0.2, 0.25) is 0 Å². The number of hydrogen-bond donors (Lipinski definition) is 1. The predicted molar refractivity (Wildman–Crippen MR) is 110 cm³/mol. The lowest BCUT2D eigenvalue weighted by Gasteiger charge is -2.39. The van der Waals surface area contributed by atoms with Gasteiger partial charge in [-0.3, -0.25) is 9.78 Å². The number of likely N-dealkylation sites (tertiary alicyclic amines) is 1. The molecule has 13 heteroatoms. The molecule has 4 heterocycles. The molecule has 33 heavy (non-hydrogen) atoms. The molecule has 0 saturated carbocycles. The Kier molecular flexibility index (Phi) is 7.06. The highest BCUT2D eigenvalue weighted by Gasteiger charge is 2.65. The Hall–Kier alpha value is -2.25. The first-order chi connectivity index (χ1) is 15.3. The molecule has 184 valence electrons. The van der Waals surface area contributed by atoms with Gasteiger partial charge in [-0.15, -0.1) is 0 Å². The van der Waals surface area contributed by atoms with Crippen LogP contribution in [-0.4, -0.2) is 88.9 Å². The van der Waals surface area contributed by atoms with E-state index in [-0.39, 0.29) is 12.0 Å². The maximum atomic E-state index is 13.0. The van der Waals surface area contributed by atoms with Crippen LogP contribution in [0.15, 0.2) is 24.5 Å². The maximum absolute atomic E-state index is 13.0. The number of carboxylic acids is 1. The number of amides is 1. The number of pyridine rings is 1. The third-order valence-corrected chi connectivity index (χ3v) is 8.30. The van der Waals surface area contributed by atoms with Crippen molar-refractivity contribution in [2.24, 2.45) is 5.92 Å². The Morgan fingerprint density at radius 1 is 1.27 bits per heavy atom. The molecule has 1 spiro atoms. The van der Waals surface area contributed by atoms with E-state index in [1.165, 1.54) is 0 Å². The summed E-state index contributed by atoms with van der Waals surface area (Å²) in [6, 6.07) is 3.38. The Balaban J connectivity index is 0.000000383. The van der Waals surface area contributed by atoms with Gasteiger partial charge in [-0.2, -0.15) is 17.5 Å². The lowest BCUT2D eigenvalue weighted by molar-refractivity contribution is -0.192.